The third-order valence-electron chi connectivity index (χ3n) is 4.94. The fourth-order valence-corrected chi connectivity index (χ4v) is 5.62. The summed E-state index contributed by atoms with van der Waals surface area (Å²) in [5.74, 6) is -1.70. The molecule has 0 spiro atoms. The first-order valence-electron chi connectivity index (χ1n) is 9.07. The Kier molecular flexibility index (Phi) is 6.36. The number of thioether (sulfide) groups is 1. The van der Waals surface area contributed by atoms with Crippen molar-refractivity contribution in [3.63, 3.8) is 0 Å². The third-order valence-corrected chi connectivity index (χ3v) is 7.09. The molecule has 2 amide bonds. The Labute approximate surface area is 185 Å². The highest BCUT2D eigenvalue weighted by Gasteiger charge is 2.54. The maximum absolute atomic E-state index is 12.7. The predicted octanol–water partition coefficient (Wildman–Crippen LogP) is 0.368. The zero-order valence-corrected chi connectivity index (χ0v) is 18.0. The molecule has 10 nitrogen and oxygen atoms in total. The number of rotatable bonds is 5. The van der Waals surface area contributed by atoms with E-state index >= 15 is 0 Å². The minimum atomic E-state index is -1.17. The zero-order chi connectivity index (χ0) is 21.6. The van der Waals surface area contributed by atoms with Crippen LogP contribution in [0.25, 0.3) is 10.2 Å². The summed E-state index contributed by atoms with van der Waals surface area (Å²) in [4.78, 5) is 42.4. The first kappa shape index (κ1) is 22.7. The van der Waals surface area contributed by atoms with E-state index in [-0.39, 0.29) is 11.2 Å². The van der Waals surface area contributed by atoms with Crippen molar-refractivity contribution in [3.8, 4) is 0 Å². The first-order valence-corrected chi connectivity index (χ1v) is 10.9. The molecule has 1 saturated heterocycles. The van der Waals surface area contributed by atoms with Crippen LogP contribution in [0.4, 0.5) is 5.13 Å². The molecule has 164 valence electrons. The fourth-order valence-electron chi connectivity index (χ4n) is 3.52. The summed E-state index contributed by atoms with van der Waals surface area (Å²) < 4.78 is 0.815. The molecular formula is C19H21N5O5S2. The molecule has 1 aromatic heterocycles. The topological polar surface area (TPSA) is 183 Å². The Hall–Kier alpha value is -2.93. The van der Waals surface area contributed by atoms with Gasteiger partial charge in [0, 0.05) is 5.75 Å². The van der Waals surface area contributed by atoms with Crippen molar-refractivity contribution in [2.75, 3.05) is 11.5 Å². The van der Waals surface area contributed by atoms with Gasteiger partial charge in [-0.2, -0.15) is 0 Å². The summed E-state index contributed by atoms with van der Waals surface area (Å²) in [6.07, 6.45) is 3.42. The molecule has 2 aliphatic rings. The average Bonchev–Trinajstić information content (AvgIpc) is 3.09. The number of β-lactam (4-membered cyclic amide) rings is 1. The number of nitrogen functional groups attached to an aromatic ring is 1. The van der Waals surface area contributed by atoms with Gasteiger partial charge in [-0.05, 0) is 30.2 Å². The lowest BCUT2D eigenvalue weighted by atomic mass is 10.0. The summed E-state index contributed by atoms with van der Waals surface area (Å²) >= 11 is 2.70. The third kappa shape index (κ3) is 3.90. The summed E-state index contributed by atoms with van der Waals surface area (Å²) in [6, 6.07) is 3.39. The van der Waals surface area contributed by atoms with Gasteiger partial charge in [0.15, 0.2) is 5.13 Å². The van der Waals surface area contributed by atoms with E-state index in [1.807, 2.05) is 0 Å². The van der Waals surface area contributed by atoms with Gasteiger partial charge in [-0.15, -0.1) is 11.8 Å². The minimum absolute atomic E-state index is 0. The molecule has 2 aliphatic heterocycles. The van der Waals surface area contributed by atoms with E-state index in [2.05, 4.69) is 10.3 Å². The highest BCUT2D eigenvalue weighted by atomic mass is 32.2. The van der Waals surface area contributed by atoms with Crippen molar-refractivity contribution in [2.24, 2.45) is 5.73 Å². The van der Waals surface area contributed by atoms with Crippen molar-refractivity contribution in [1.29, 1.82) is 0 Å². The van der Waals surface area contributed by atoms with Crippen LogP contribution in [0, 0.1) is 0 Å². The molecule has 0 unspecified atom stereocenters. The van der Waals surface area contributed by atoms with Crippen LogP contribution < -0.4 is 16.8 Å². The zero-order valence-electron chi connectivity index (χ0n) is 16.4. The van der Waals surface area contributed by atoms with E-state index in [4.69, 9.17) is 11.5 Å². The largest absolute Gasteiger partial charge is 0.477 e. The second-order valence-corrected chi connectivity index (χ2v) is 9.00. The summed E-state index contributed by atoms with van der Waals surface area (Å²) in [6.45, 7) is 1.78. The van der Waals surface area contributed by atoms with E-state index in [1.54, 1.807) is 37.3 Å². The number of carbonyl (C=O) groups excluding carboxylic acids is 2. The van der Waals surface area contributed by atoms with Gasteiger partial charge in [0.2, 0.25) is 5.91 Å². The van der Waals surface area contributed by atoms with E-state index in [0.29, 0.717) is 22.0 Å². The van der Waals surface area contributed by atoms with Crippen LogP contribution in [0.3, 0.4) is 0 Å². The number of carboxylic acid groups (broad SMARTS) is 1. The number of amides is 2. The van der Waals surface area contributed by atoms with Crippen molar-refractivity contribution in [1.82, 2.24) is 15.2 Å². The lowest BCUT2D eigenvalue weighted by Gasteiger charge is -2.49. The second-order valence-electron chi connectivity index (χ2n) is 6.83. The number of nitrogens with one attached hydrogen (secondary N) is 1. The highest BCUT2D eigenvalue weighted by Crippen LogP contribution is 2.40. The van der Waals surface area contributed by atoms with Gasteiger partial charge in [0.25, 0.3) is 5.91 Å². The van der Waals surface area contributed by atoms with Crippen LogP contribution in [0.15, 0.2) is 41.6 Å². The monoisotopic (exact) mass is 463 g/mol. The molecule has 0 radical (unpaired) electrons. The molecule has 0 bridgehead atoms. The number of carbonyl (C=O) groups is 3. The molecule has 4 rings (SSSR count). The van der Waals surface area contributed by atoms with Gasteiger partial charge in [-0.3, -0.25) is 14.5 Å². The van der Waals surface area contributed by atoms with Gasteiger partial charge < -0.3 is 27.4 Å². The number of nitrogens with zero attached hydrogens (tertiary/aromatic N) is 2. The number of carboxylic acids is 1. The molecule has 0 aliphatic carbocycles. The first-order chi connectivity index (χ1) is 14.3. The maximum Gasteiger partial charge on any atom is 0.352 e. The van der Waals surface area contributed by atoms with Crippen LogP contribution in [-0.4, -0.2) is 55.4 Å². The lowest BCUT2D eigenvalue weighted by molar-refractivity contribution is -0.150. The molecule has 12 heteroatoms. The van der Waals surface area contributed by atoms with E-state index in [1.165, 1.54) is 28.0 Å². The van der Waals surface area contributed by atoms with Gasteiger partial charge >= 0.3 is 5.97 Å². The number of anilines is 1. The molecular weight excluding hydrogens is 442 g/mol. The van der Waals surface area contributed by atoms with Crippen LogP contribution >= 0.6 is 23.1 Å². The van der Waals surface area contributed by atoms with Crippen molar-refractivity contribution >= 4 is 56.2 Å². The Morgan fingerprint density at radius 1 is 1.42 bits per heavy atom. The van der Waals surface area contributed by atoms with Crippen molar-refractivity contribution < 1.29 is 25.0 Å². The molecule has 3 atom stereocenters. The van der Waals surface area contributed by atoms with E-state index in [0.717, 1.165) is 10.2 Å². The number of benzene rings is 1. The molecule has 0 saturated carbocycles. The molecule has 1 fully saturated rings. The van der Waals surface area contributed by atoms with Gasteiger partial charge in [0.05, 0.1) is 10.2 Å². The number of thiazole rings is 1. The predicted molar refractivity (Wildman–Crippen MR) is 119 cm³/mol. The van der Waals surface area contributed by atoms with Crippen LogP contribution in [0.5, 0.6) is 0 Å². The average molecular weight is 464 g/mol. The van der Waals surface area contributed by atoms with Crippen LogP contribution in [-0.2, 0) is 14.4 Å². The Bertz CT molecular complexity index is 1130. The number of allylic oxidation sites excluding steroid dienone is 2. The summed E-state index contributed by atoms with van der Waals surface area (Å²) in [5.41, 5.74) is 13.6. The number of hydrogen-bond acceptors (Lipinski definition) is 8. The minimum Gasteiger partial charge on any atom is -0.477 e. The second kappa shape index (κ2) is 8.67. The van der Waals surface area contributed by atoms with Gasteiger partial charge in [-0.1, -0.05) is 29.6 Å². The molecule has 31 heavy (non-hydrogen) atoms. The molecule has 8 N–H and O–H groups in total. The number of aromatic nitrogens is 1. The molecule has 2 aromatic rings. The fraction of sp³-hybridized carbons (Fsp3) is 0.263. The Balaban J connectivity index is 0.00000272. The maximum atomic E-state index is 12.7. The summed E-state index contributed by atoms with van der Waals surface area (Å²) in [5, 5.41) is 12.2. The van der Waals surface area contributed by atoms with Crippen LogP contribution in [0.2, 0.25) is 0 Å². The number of aliphatic carboxylic acids is 1. The lowest BCUT2D eigenvalue weighted by Crippen LogP contribution is -2.71. The van der Waals surface area contributed by atoms with Crippen molar-refractivity contribution in [3.05, 3.63) is 47.2 Å². The van der Waals surface area contributed by atoms with Crippen LogP contribution in [0.1, 0.15) is 18.5 Å². The quantitative estimate of drug-likeness (QED) is 0.458. The smallest absolute Gasteiger partial charge is 0.352 e. The molecule has 3 heterocycles. The number of hydrogen-bond donors (Lipinski definition) is 4. The number of nitrogens with two attached hydrogens (primary N) is 2. The van der Waals surface area contributed by atoms with E-state index < -0.39 is 35.2 Å². The highest BCUT2D eigenvalue weighted by molar-refractivity contribution is 8.00. The Morgan fingerprint density at radius 2 is 2.16 bits per heavy atom. The number of fused-ring (bicyclic) bond motifs is 2. The molecule has 1 aromatic carbocycles. The summed E-state index contributed by atoms with van der Waals surface area (Å²) in [7, 11) is 0. The normalized spacial score (nSPS) is 21.5. The van der Waals surface area contributed by atoms with Gasteiger partial charge in [0.1, 0.15) is 23.2 Å². The van der Waals surface area contributed by atoms with Gasteiger partial charge in [-0.25, -0.2) is 9.78 Å². The van der Waals surface area contributed by atoms with E-state index in [9.17, 15) is 19.5 Å². The SMILES string of the molecule is C/C=C\C1=C(C(=O)O)N2C(=O)[C@@H](NC(=O)[C@H](N)c3ccc4nc(N)sc4c3)[C@H]2SC1.O. The standard InChI is InChI=1S/C19H19N5O4S2.H2O/c1-2-3-9-7-29-17-13(16(26)24(17)14(9)18(27)28)23-15(25)12(20)8-4-5-10-11(6-8)30-19(21)22-10;/h2-6,12-13,17H,7,20H2,1H3,(H2,21,22)(H,23,25)(H,27,28);1H2/b3-2-;/t12-,13-,17-;/m1./s1. The van der Waals surface area contributed by atoms with Crippen molar-refractivity contribution in [2.45, 2.75) is 24.4 Å². The Morgan fingerprint density at radius 3 is 2.84 bits per heavy atom.